The Hall–Kier alpha value is -2.34. The van der Waals surface area contributed by atoms with Gasteiger partial charge in [-0.3, -0.25) is 9.59 Å². The summed E-state index contributed by atoms with van der Waals surface area (Å²) in [6.07, 6.45) is 2.53. The van der Waals surface area contributed by atoms with E-state index >= 15 is 0 Å². The first kappa shape index (κ1) is 18.0. The molecule has 7 heteroatoms. The molecule has 6 nitrogen and oxygen atoms in total. The molecule has 0 unspecified atom stereocenters. The summed E-state index contributed by atoms with van der Waals surface area (Å²) in [4.78, 5) is 23.9. The van der Waals surface area contributed by atoms with Crippen molar-refractivity contribution in [2.75, 3.05) is 11.9 Å². The van der Waals surface area contributed by atoms with Crippen LogP contribution in [0.3, 0.4) is 0 Å². The molecule has 0 aliphatic carbocycles. The van der Waals surface area contributed by atoms with Crippen LogP contribution in [0.2, 0.25) is 5.02 Å². The smallest absolute Gasteiger partial charge is 0.251 e. The van der Waals surface area contributed by atoms with Gasteiger partial charge >= 0.3 is 0 Å². The van der Waals surface area contributed by atoms with Crippen LogP contribution in [0.25, 0.3) is 0 Å². The predicted octanol–water partition coefficient (Wildman–Crippen LogP) is 3.27. The van der Waals surface area contributed by atoms with E-state index in [0.717, 1.165) is 0 Å². The minimum atomic E-state index is -0.176. The first-order valence-corrected chi connectivity index (χ1v) is 8.22. The van der Waals surface area contributed by atoms with Gasteiger partial charge in [-0.15, -0.1) is 0 Å². The van der Waals surface area contributed by atoms with E-state index in [1.54, 1.807) is 41.2 Å². The Morgan fingerprint density at radius 2 is 1.92 bits per heavy atom. The summed E-state index contributed by atoms with van der Waals surface area (Å²) in [6.45, 7) is 4.42. The summed E-state index contributed by atoms with van der Waals surface area (Å²) >= 11 is 5.78. The zero-order valence-electron chi connectivity index (χ0n) is 13.8. The van der Waals surface area contributed by atoms with E-state index in [1.165, 1.54) is 0 Å². The van der Waals surface area contributed by atoms with Gasteiger partial charge in [-0.2, -0.15) is 5.10 Å². The Balaban J connectivity index is 1.72. The second kappa shape index (κ2) is 8.49. The Morgan fingerprint density at radius 3 is 2.58 bits per heavy atom. The number of nitrogens with one attached hydrogen (secondary N) is 2. The fraction of sp³-hybridized carbons (Fsp3) is 0.353. The molecule has 0 saturated heterocycles. The Morgan fingerprint density at radius 1 is 1.21 bits per heavy atom. The van der Waals surface area contributed by atoms with Gasteiger partial charge in [0.25, 0.3) is 5.91 Å². The van der Waals surface area contributed by atoms with E-state index in [-0.39, 0.29) is 17.9 Å². The third kappa shape index (κ3) is 5.09. The SMILES string of the molecule is CC(C)n1nccc1NC(=O)CCCNC(=O)c1ccc(Cl)cc1. The van der Waals surface area contributed by atoms with Crippen molar-refractivity contribution in [2.45, 2.75) is 32.7 Å². The Bertz CT molecular complexity index is 695. The number of benzene rings is 1. The molecule has 0 aliphatic rings. The number of hydrogen-bond donors (Lipinski definition) is 2. The molecule has 2 rings (SSSR count). The summed E-state index contributed by atoms with van der Waals surface area (Å²) in [6, 6.07) is 8.60. The largest absolute Gasteiger partial charge is 0.352 e. The van der Waals surface area contributed by atoms with Gasteiger partial charge in [0.1, 0.15) is 5.82 Å². The molecule has 128 valence electrons. The normalized spacial score (nSPS) is 10.7. The molecule has 2 aromatic rings. The van der Waals surface area contributed by atoms with Crippen molar-refractivity contribution < 1.29 is 9.59 Å². The molecular formula is C17H21ClN4O2. The van der Waals surface area contributed by atoms with Gasteiger partial charge in [0.05, 0.1) is 6.20 Å². The molecule has 2 N–H and O–H groups in total. The van der Waals surface area contributed by atoms with Crippen LogP contribution in [0.5, 0.6) is 0 Å². The van der Waals surface area contributed by atoms with E-state index < -0.39 is 0 Å². The third-order valence-corrected chi connectivity index (χ3v) is 3.65. The lowest BCUT2D eigenvalue weighted by atomic mass is 10.2. The van der Waals surface area contributed by atoms with Crippen LogP contribution >= 0.6 is 11.6 Å². The van der Waals surface area contributed by atoms with Crippen LogP contribution in [0.1, 0.15) is 43.1 Å². The zero-order valence-corrected chi connectivity index (χ0v) is 14.5. The van der Waals surface area contributed by atoms with E-state index in [1.807, 2.05) is 13.8 Å². The number of anilines is 1. The van der Waals surface area contributed by atoms with Crippen LogP contribution in [-0.4, -0.2) is 28.1 Å². The molecule has 2 amide bonds. The number of amides is 2. The van der Waals surface area contributed by atoms with Crippen LogP contribution in [0, 0.1) is 0 Å². The minimum Gasteiger partial charge on any atom is -0.352 e. The Kier molecular flexibility index (Phi) is 6.37. The fourth-order valence-electron chi connectivity index (χ4n) is 2.18. The molecule has 0 radical (unpaired) electrons. The lowest BCUT2D eigenvalue weighted by molar-refractivity contribution is -0.116. The maximum atomic E-state index is 12.0. The highest BCUT2D eigenvalue weighted by Crippen LogP contribution is 2.13. The zero-order chi connectivity index (χ0) is 17.5. The number of halogens is 1. The standard InChI is InChI=1S/C17H21ClN4O2/c1-12(2)22-15(9-11-20-22)21-16(23)4-3-10-19-17(24)13-5-7-14(18)8-6-13/h5-9,11-12H,3-4,10H2,1-2H3,(H,19,24)(H,21,23). The maximum absolute atomic E-state index is 12.0. The third-order valence-electron chi connectivity index (χ3n) is 3.40. The topological polar surface area (TPSA) is 76.0 Å². The van der Waals surface area contributed by atoms with Gasteiger partial charge < -0.3 is 10.6 Å². The number of rotatable bonds is 7. The van der Waals surface area contributed by atoms with Crippen LogP contribution in [0.15, 0.2) is 36.5 Å². The highest BCUT2D eigenvalue weighted by Gasteiger charge is 2.10. The molecule has 0 aliphatic heterocycles. The highest BCUT2D eigenvalue weighted by atomic mass is 35.5. The monoisotopic (exact) mass is 348 g/mol. The van der Waals surface area contributed by atoms with Gasteiger partial charge in [0, 0.05) is 35.7 Å². The summed E-state index contributed by atoms with van der Waals surface area (Å²) in [5, 5.41) is 10.4. The van der Waals surface area contributed by atoms with E-state index in [2.05, 4.69) is 15.7 Å². The molecule has 24 heavy (non-hydrogen) atoms. The van der Waals surface area contributed by atoms with Crippen molar-refractivity contribution in [1.29, 1.82) is 0 Å². The molecule has 1 aromatic heterocycles. The number of carbonyl (C=O) groups is 2. The van der Waals surface area contributed by atoms with Crippen molar-refractivity contribution in [1.82, 2.24) is 15.1 Å². The van der Waals surface area contributed by atoms with Crippen LogP contribution < -0.4 is 10.6 Å². The summed E-state index contributed by atoms with van der Waals surface area (Å²) in [7, 11) is 0. The molecule has 0 atom stereocenters. The van der Waals surface area contributed by atoms with Crippen LogP contribution in [-0.2, 0) is 4.79 Å². The van der Waals surface area contributed by atoms with Crippen molar-refractivity contribution in [3.05, 3.63) is 47.1 Å². The highest BCUT2D eigenvalue weighted by molar-refractivity contribution is 6.30. The summed E-state index contributed by atoms with van der Waals surface area (Å²) in [5.74, 6) is 0.406. The lowest BCUT2D eigenvalue weighted by Gasteiger charge is -2.11. The first-order chi connectivity index (χ1) is 11.5. The van der Waals surface area contributed by atoms with Crippen molar-refractivity contribution in [3.63, 3.8) is 0 Å². The minimum absolute atomic E-state index is 0.0989. The number of hydrogen-bond acceptors (Lipinski definition) is 3. The number of carbonyl (C=O) groups excluding carboxylic acids is 2. The van der Waals surface area contributed by atoms with Crippen LogP contribution in [0.4, 0.5) is 5.82 Å². The van der Waals surface area contributed by atoms with Gasteiger partial charge in [0.15, 0.2) is 0 Å². The molecule has 1 aromatic carbocycles. The van der Waals surface area contributed by atoms with Gasteiger partial charge in [-0.25, -0.2) is 4.68 Å². The van der Waals surface area contributed by atoms with Crippen molar-refractivity contribution >= 4 is 29.2 Å². The van der Waals surface area contributed by atoms with Crippen molar-refractivity contribution in [2.24, 2.45) is 0 Å². The molecular weight excluding hydrogens is 328 g/mol. The number of nitrogens with zero attached hydrogens (tertiary/aromatic N) is 2. The molecule has 0 saturated carbocycles. The van der Waals surface area contributed by atoms with Gasteiger partial charge in [-0.05, 0) is 44.5 Å². The quantitative estimate of drug-likeness (QED) is 0.754. The van der Waals surface area contributed by atoms with Crippen molar-refractivity contribution in [3.8, 4) is 0 Å². The lowest BCUT2D eigenvalue weighted by Crippen LogP contribution is -2.25. The molecule has 0 spiro atoms. The second-order valence-corrected chi connectivity index (χ2v) is 6.11. The maximum Gasteiger partial charge on any atom is 0.251 e. The van der Waals surface area contributed by atoms with E-state index in [0.29, 0.717) is 35.8 Å². The molecule has 1 heterocycles. The van der Waals surface area contributed by atoms with E-state index in [9.17, 15) is 9.59 Å². The first-order valence-electron chi connectivity index (χ1n) is 7.84. The number of aromatic nitrogens is 2. The summed E-state index contributed by atoms with van der Waals surface area (Å²) in [5.41, 5.74) is 0.546. The predicted molar refractivity (Wildman–Crippen MR) is 94.3 cm³/mol. The fourth-order valence-corrected chi connectivity index (χ4v) is 2.31. The Labute approximate surface area is 146 Å². The van der Waals surface area contributed by atoms with E-state index in [4.69, 9.17) is 11.6 Å². The second-order valence-electron chi connectivity index (χ2n) is 5.67. The van der Waals surface area contributed by atoms with Gasteiger partial charge in [-0.1, -0.05) is 11.6 Å². The average Bonchev–Trinajstić information content (AvgIpc) is 3.00. The molecule has 0 bridgehead atoms. The summed E-state index contributed by atoms with van der Waals surface area (Å²) < 4.78 is 1.75. The average molecular weight is 349 g/mol. The molecule has 0 fully saturated rings. The van der Waals surface area contributed by atoms with Gasteiger partial charge in [0.2, 0.25) is 5.91 Å².